The molecule has 0 aliphatic heterocycles. The number of nitrogens with one attached hydrogen (secondary N) is 1. The molecule has 2 aromatic rings. The van der Waals surface area contributed by atoms with E-state index in [1.165, 1.54) is 0 Å². The number of carbonyl (C=O) groups is 1. The van der Waals surface area contributed by atoms with Crippen LogP contribution in [0.3, 0.4) is 0 Å². The lowest BCUT2D eigenvalue weighted by molar-refractivity contribution is 0.0912. The zero-order valence-electron chi connectivity index (χ0n) is 14.6. The number of hydrogen-bond donors (Lipinski definition) is 2. The lowest BCUT2D eigenvalue weighted by Crippen LogP contribution is -2.32. The molecular formula is C19H24N2O4. The van der Waals surface area contributed by atoms with Crippen molar-refractivity contribution in [2.45, 2.75) is 45.8 Å². The first kappa shape index (κ1) is 17.5. The summed E-state index contributed by atoms with van der Waals surface area (Å²) < 4.78 is 11.0. The summed E-state index contributed by atoms with van der Waals surface area (Å²) in [6, 6.07) is 7.16. The Balaban J connectivity index is 1.64. The number of hydrogen-bond acceptors (Lipinski definition) is 5. The highest BCUT2D eigenvalue weighted by Gasteiger charge is 2.26. The fourth-order valence-corrected chi connectivity index (χ4v) is 3.21. The van der Waals surface area contributed by atoms with Crippen LogP contribution in [-0.2, 0) is 6.61 Å². The van der Waals surface area contributed by atoms with Gasteiger partial charge in [0.25, 0.3) is 5.91 Å². The number of aliphatic hydroxyl groups is 1. The van der Waals surface area contributed by atoms with Crippen LogP contribution in [-0.4, -0.2) is 28.8 Å². The third-order valence-corrected chi connectivity index (χ3v) is 4.83. The highest BCUT2D eigenvalue weighted by molar-refractivity contribution is 5.96. The van der Waals surface area contributed by atoms with Crippen molar-refractivity contribution in [1.29, 1.82) is 0 Å². The number of benzene rings is 1. The highest BCUT2D eigenvalue weighted by Crippen LogP contribution is 2.25. The summed E-state index contributed by atoms with van der Waals surface area (Å²) in [6.07, 6.45) is 2.47. The molecule has 1 saturated carbocycles. The number of aliphatic hydroxyl groups excluding tert-OH is 1. The van der Waals surface area contributed by atoms with Gasteiger partial charge in [0.2, 0.25) is 0 Å². The zero-order chi connectivity index (χ0) is 17.8. The van der Waals surface area contributed by atoms with Crippen LogP contribution in [0.25, 0.3) is 0 Å². The van der Waals surface area contributed by atoms with Crippen molar-refractivity contribution in [3.63, 3.8) is 0 Å². The molecule has 1 aliphatic carbocycles. The fourth-order valence-electron chi connectivity index (χ4n) is 3.21. The van der Waals surface area contributed by atoms with E-state index in [1.807, 2.05) is 26.0 Å². The fraction of sp³-hybridized carbons (Fsp3) is 0.474. The molecule has 1 heterocycles. The first-order valence-corrected chi connectivity index (χ1v) is 8.66. The number of para-hydroxylation sites is 1. The summed E-state index contributed by atoms with van der Waals surface area (Å²) in [5.41, 5.74) is 2.17. The van der Waals surface area contributed by atoms with E-state index in [0.717, 1.165) is 36.3 Å². The minimum atomic E-state index is -0.314. The molecule has 1 fully saturated rings. The molecule has 25 heavy (non-hydrogen) atoms. The average Bonchev–Trinajstić information content (AvgIpc) is 3.16. The van der Waals surface area contributed by atoms with Gasteiger partial charge in [-0.05, 0) is 38.8 Å². The Hall–Kier alpha value is -2.34. The topological polar surface area (TPSA) is 84.6 Å². The van der Waals surface area contributed by atoms with E-state index in [0.29, 0.717) is 24.5 Å². The maximum atomic E-state index is 12.5. The molecule has 3 rings (SSSR count). The molecule has 2 atom stereocenters. The molecule has 1 aromatic carbocycles. The summed E-state index contributed by atoms with van der Waals surface area (Å²) in [5, 5.41) is 16.7. The molecule has 1 aliphatic rings. The van der Waals surface area contributed by atoms with Crippen molar-refractivity contribution >= 4 is 5.91 Å². The first-order valence-electron chi connectivity index (χ1n) is 8.66. The number of aromatic nitrogens is 1. The van der Waals surface area contributed by atoms with Gasteiger partial charge in [0.15, 0.2) is 0 Å². The van der Waals surface area contributed by atoms with Crippen molar-refractivity contribution < 1.29 is 19.2 Å². The molecule has 2 N–H and O–H groups in total. The Morgan fingerprint density at radius 1 is 1.36 bits per heavy atom. The van der Waals surface area contributed by atoms with Gasteiger partial charge in [-0.2, -0.15) is 0 Å². The van der Waals surface area contributed by atoms with Gasteiger partial charge in [-0.25, -0.2) is 0 Å². The lowest BCUT2D eigenvalue weighted by Gasteiger charge is -2.16. The predicted molar refractivity (Wildman–Crippen MR) is 92.4 cm³/mol. The van der Waals surface area contributed by atoms with Gasteiger partial charge >= 0.3 is 0 Å². The lowest BCUT2D eigenvalue weighted by atomic mass is 10.1. The van der Waals surface area contributed by atoms with Crippen molar-refractivity contribution in [1.82, 2.24) is 10.5 Å². The Morgan fingerprint density at radius 2 is 2.16 bits per heavy atom. The van der Waals surface area contributed by atoms with E-state index in [1.54, 1.807) is 12.1 Å². The molecule has 2 unspecified atom stereocenters. The maximum absolute atomic E-state index is 12.5. The molecule has 6 nitrogen and oxygen atoms in total. The third-order valence-electron chi connectivity index (χ3n) is 4.83. The van der Waals surface area contributed by atoms with Crippen LogP contribution >= 0.6 is 0 Å². The SMILES string of the molecule is Cc1noc(C)c1COc1ccccc1C(=O)NCC1CCCC1O. The second-order valence-electron chi connectivity index (χ2n) is 6.56. The minimum absolute atomic E-state index is 0.138. The number of carbonyl (C=O) groups excluding carboxylic acids is 1. The van der Waals surface area contributed by atoms with Gasteiger partial charge in [0.05, 0.1) is 22.9 Å². The minimum Gasteiger partial charge on any atom is -0.488 e. The van der Waals surface area contributed by atoms with Gasteiger partial charge in [0.1, 0.15) is 18.1 Å². The van der Waals surface area contributed by atoms with E-state index in [4.69, 9.17) is 9.26 Å². The maximum Gasteiger partial charge on any atom is 0.255 e. The monoisotopic (exact) mass is 344 g/mol. The molecule has 0 radical (unpaired) electrons. The molecule has 0 spiro atoms. The largest absolute Gasteiger partial charge is 0.488 e. The number of amides is 1. The molecule has 0 saturated heterocycles. The van der Waals surface area contributed by atoms with Crippen LogP contribution in [0.5, 0.6) is 5.75 Å². The summed E-state index contributed by atoms with van der Waals surface area (Å²) in [6.45, 7) is 4.48. The number of rotatable bonds is 6. The molecule has 134 valence electrons. The Kier molecular flexibility index (Phi) is 5.38. The predicted octanol–water partition coefficient (Wildman–Crippen LogP) is 2.76. The second kappa shape index (κ2) is 7.70. The molecule has 1 amide bonds. The summed E-state index contributed by atoms with van der Waals surface area (Å²) in [4.78, 5) is 12.5. The zero-order valence-corrected chi connectivity index (χ0v) is 14.6. The molecule has 1 aromatic heterocycles. The van der Waals surface area contributed by atoms with Gasteiger partial charge in [-0.3, -0.25) is 4.79 Å². The van der Waals surface area contributed by atoms with Crippen LogP contribution in [0.4, 0.5) is 0 Å². The number of ether oxygens (including phenoxy) is 1. The quantitative estimate of drug-likeness (QED) is 0.842. The van der Waals surface area contributed by atoms with Crippen LogP contribution in [0.1, 0.15) is 46.6 Å². The van der Waals surface area contributed by atoms with Gasteiger partial charge < -0.3 is 19.7 Å². The highest BCUT2D eigenvalue weighted by atomic mass is 16.5. The van der Waals surface area contributed by atoms with Crippen LogP contribution in [0.15, 0.2) is 28.8 Å². The van der Waals surface area contributed by atoms with Crippen LogP contribution in [0.2, 0.25) is 0 Å². The van der Waals surface area contributed by atoms with E-state index in [-0.39, 0.29) is 17.9 Å². The molecule has 0 bridgehead atoms. The summed E-state index contributed by atoms with van der Waals surface area (Å²) in [7, 11) is 0. The van der Waals surface area contributed by atoms with Crippen molar-refractivity contribution in [2.75, 3.05) is 6.54 Å². The van der Waals surface area contributed by atoms with Gasteiger partial charge in [-0.15, -0.1) is 0 Å². The van der Waals surface area contributed by atoms with Gasteiger partial charge in [-0.1, -0.05) is 23.7 Å². The second-order valence-corrected chi connectivity index (χ2v) is 6.56. The van der Waals surface area contributed by atoms with Crippen molar-refractivity contribution in [2.24, 2.45) is 5.92 Å². The summed E-state index contributed by atoms with van der Waals surface area (Å²) >= 11 is 0. The van der Waals surface area contributed by atoms with Crippen LogP contribution < -0.4 is 10.1 Å². The van der Waals surface area contributed by atoms with Crippen LogP contribution in [0, 0.1) is 19.8 Å². The molecular weight excluding hydrogens is 320 g/mol. The number of nitrogens with zero attached hydrogens (tertiary/aromatic N) is 1. The Labute approximate surface area is 147 Å². The van der Waals surface area contributed by atoms with E-state index < -0.39 is 0 Å². The van der Waals surface area contributed by atoms with E-state index in [9.17, 15) is 9.90 Å². The smallest absolute Gasteiger partial charge is 0.255 e. The normalized spacial score (nSPS) is 19.8. The van der Waals surface area contributed by atoms with E-state index >= 15 is 0 Å². The average molecular weight is 344 g/mol. The molecule has 6 heteroatoms. The Morgan fingerprint density at radius 3 is 2.84 bits per heavy atom. The van der Waals surface area contributed by atoms with E-state index in [2.05, 4.69) is 10.5 Å². The standard InChI is InChI=1S/C19H24N2O4/c1-12-16(13(2)25-21-12)11-24-18-9-4-3-7-15(18)19(23)20-10-14-6-5-8-17(14)22/h3-4,7,9,14,17,22H,5-6,8,10-11H2,1-2H3,(H,20,23). The first-order chi connectivity index (χ1) is 12.1. The number of aryl methyl sites for hydroxylation is 2. The Bertz CT molecular complexity index is 721. The van der Waals surface area contributed by atoms with Crippen molar-refractivity contribution in [3.05, 3.63) is 46.8 Å². The third kappa shape index (κ3) is 4.02. The van der Waals surface area contributed by atoms with Gasteiger partial charge in [0, 0.05) is 12.5 Å². The van der Waals surface area contributed by atoms with Crippen molar-refractivity contribution in [3.8, 4) is 5.75 Å². The summed E-state index contributed by atoms with van der Waals surface area (Å²) in [5.74, 6) is 1.19.